The van der Waals surface area contributed by atoms with Crippen LogP contribution in [-0.4, -0.2) is 11.5 Å². The molecule has 1 rings (SSSR count). The van der Waals surface area contributed by atoms with Crippen LogP contribution in [0.15, 0.2) is 12.1 Å². The minimum Gasteiger partial charge on any atom is -0.309 e. The van der Waals surface area contributed by atoms with Gasteiger partial charge in [-0.15, -0.1) is 0 Å². The molecule has 0 aromatic carbocycles. The molecule has 108 valence electrons. The maximum atomic E-state index is 12.9. The van der Waals surface area contributed by atoms with E-state index in [0.717, 1.165) is 19.0 Å². The Bertz CT molecular complexity index is 414. The lowest BCUT2D eigenvalue weighted by atomic mass is 10.0. The lowest BCUT2D eigenvalue weighted by Crippen LogP contribution is -2.22. The summed E-state index contributed by atoms with van der Waals surface area (Å²) in [4.78, 5) is 4.21. The Hall–Kier alpha value is -1.10. The highest BCUT2D eigenvalue weighted by atomic mass is 19.4. The fraction of sp³-hybridized carbons (Fsp3) is 0.643. The van der Waals surface area contributed by atoms with Gasteiger partial charge in [-0.05, 0) is 37.9 Å². The third-order valence-corrected chi connectivity index (χ3v) is 2.94. The SMILES string of the molecule is CCCNC(C)c1ccc(C(F)(F)F)c(C(C)C)n1. The van der Waals surface area contributed by atoms with Gasteiger partial charge in [0.2, 0.25) is 0 Å². The predicted molar refractivity (Wildman–Crippen MR) is 70.0 cm³/mol. The Balaban J connectivity index is 3.09. The fourth-order valence-corrected chi connectivity index (χ4v) is 1.88. The monoisotopic (exact) mass is 274 g/mol. The topological polar surface area (TPSA) is 24.9 Å². The first-order chi connectivity index (χ1) is 8.77. The minimum atomic E-state index is -4.34. The Labute approximate surface area is 112 Å². The Morgan fingerprint density at radius 3 is 2.32 bits per heavy atom. The summed E-state index contributed by atoms with van der Waals surface area (Å²) in [5, 5.41) is 3.23. The molecule has 1 aromatic heterocycles. The summed E-state index contributed by atoms with van der Waals surface area (Å²) in [6, 6.07) is 2.56. The maximum absolute atomic E-state index is 12.9. The summed E-state index contributed by atoms with van der Waals surface area (Å²) in [5.41, 5.74) is 0.147. The molecule has 0 aliphatic heterocycles. The molecule has 0 saturated carbocycles. The number of alkyl halides is 3. The third-order valence-electron chi connectivity index (χ3n) is 2.94. The van der Waals surface area contributed by atoms with Crippen LogP contribution in [0, 0.1) is 0 Å². The molecular formula is C14H21F3N2. The first-order valence-electron chi connectivity index (χ1n) is 6.58. The molecule has 0 spiro atoms. The van der Waals surface area contributed by atoms with E-state index in [-0.39, 0.29) is 17.7 Å². The van der Waals surface area contributed by atoms with Crippen molar-refractivity contribution in [2.45, 2.75) is 52.3 Å². The zero-order valence-corrected chi connectivity index (χ0v) is 11.8. The van der Waals surface area contributed by atoms with Crippen LogP contribution in [0.2, 0.25) is 0 Å². The number of halogens is 3. The number of nitrogens with zero attached hydrogens (tertiary/aromatic N) is 1. The molecule has 5 heteroatoms. The van der Waals surface area contributed by atoms with Crippen molar-refractivity contribution in [2.24, 2.45) is 0 Å². The summed E-state index contributed by atoms with van der Waals surface area (Å²) < 4.78 is 38.7. The average Bonchev–Trinajstić information content (AvgIpc) is 2.34. The molecule has 0 fully saturated rings. The average molecular weight is 274 g/mol. The van der Waals surface area contributed by atoms with Crippen molar-refractivity contribution in [1.82, 2.24) is 10.3 Å². The molecule has 0 bridgehead atoms. The quantitative estimate of drug-likeness (QED) is 0.866. The standard InChI is InChI=1S/C14H21F3N2/c1-5-8-18-10(4)12-7-6-11(14(15,16)17)13(19-12)9(2)3/h6-7,9-10,18H,5,8H2,1-4H3. The van der Waals surface area contributed by atoms with Crippen LogP contribution in [-0.2, 0) is 6.18 Å². The number of hydrogen-bond acceptors (Lipinski definition) is 2. The first-order valence-corrected chi connectivity index (χ1v) is 6.58. The van der Waals surface area contributed by atoms with Crippen LogP contribution >= 0.6 is 0 Å². The second kappa shape index (κ2) is 6.37. The fourth-order valence-electron chi connectivity index (χ4n) is 1.88. The Morgan fingerprint density at radius 1 is 1.21 bits per heavy atom. The lowest BCUT2D eigenvalue weighted by molar-refractivity contribution is -0.138. The van der Waals surface area contributed by atoms with Crippen LogP contribution in [0.3, 0.4) is 0 Å². The van der Waals surface area contributed by atoms with E-state index >= 15 is 0 Å². The third kappa shape index (κ3) is 4.20. The molecule has 2 nitrogen and oxygen atoms in total. The molecule has 19 heavy (non-hydrogen) atoms. The van der Waals surface area contributed by atoms with Crippen molar-refractivity contribution in [1.29, 1.82) is 0 Å². The zero-order valence-electron chi connectivity index (χ0n) is 11.8. The maximum Gasteiger partial charge on any atom is 0.418 e. The van der Waals surface area contributed by atoms with E-state index in [0.29, 0.717) is 5.69 Å². The van der Waals surface area contributed by atoms with Crippen molar-refractivity contribution < 1.29 is 13.2 Å². The Morgan fingerprint density at radius 2 is 1.84 bits per heavy atom. The van der Waals surface area contributed by atoms with Gasteiger partial charge in [0, 0.05) is 6.04 Å². The number of nitrogens with one attached hydrogen (secondary N) is 1. The van der Waals surface area contributed by atoms with Gasteiger partial charge in [0.25, 0.3) is 0 Å². The molecule has 0 amide bonds. The number of hydrogen-bond donors (Lipinski definition) is 1. The molecule has 0 aliphatic carbocycles. The van der Waals surface area contributed by atoms with Crippen LogP contribution in [0.1, 0.15) is 63.0 Å². The second-order valence-electron chi connectivity index (χ2n) is 5.00. The highest BCUT2D eigenvalue weighted by molar-refractivity contribution is 5.29. The highest BCUT2D eigenvalue weighted by Crippen LogP contribution is 2.34. The molecule has 1 N–H and O–H groups in total. The van der Waals surface area contributed by atoms with Crippen LogP contribution in [0.4, 0.5) is 13.2 Å². The van der Waals surface area contributed by atoms with Crippen molar-refractivity contribution in [3.8, 4) is 0 Å². The molecule has 1 unspecified atom stereocenters. The molecule has 1 heterocycles. The molecule has 0 saturated heterocycles. The molecule has 0 aliphatic rings. The van der Waals surface area contributed by atoms with Crippen LogP contribution in [0.5, 0.6) is 0 Å². The normalized spacial score (nSPS) is 13.9. The van der Waals surface area contributed by atoms with E-state index in [1.165, 1.54) is 6.07 Å². The molecule has 0 radical (unpaired) electrons. The van der Waals surface area contributed by atoms with Crippen molar-refractivity contribution in [3.63, 3.8) is 0 Å². The lowest BCUT2D eigenvalue weighted by Gasteiger charge is -2.19. The van der Waals surface area contributed by atoms with Crippen LogP contribution in [0.25, 0.3) is 0 Å². The largest absolute Gasteiger partial charge is 0.418 e. The van der Waals surface area contributed by atoms with E-state index in [2.05, 4.69) is 10.3 Å². The van der Waals surface area contributed by atoms with Gasteiger partial charge in [-0.2, -0.15) is 13.2 Å². The summed E-state index contributed by atoms with van der Waals surface area (Å²) in [6.07, 6.45) is -3.37. The number of aromatic nitrogens is 1. The first kappa shape index (κ1) is 16.0. The molecular weight excluding hydrogens is 253 g/mol. The van der Waals surface area contributed by atoms with Crippen molar-refractivity contribution in [3.05, 3.63) is 29.1 Å². The molecule has 1 atom stereocenters. The van der Waals surface area contributed by atoms with E-state index in [1.54, 1.807) is 13.8 Å². The van der Waals surface area contributed by atoms with Gasteiger partial charge < -0.3 is 5.32 Å². The van der Waals surface area contributed by atoms with Gasteiger partial charge in [0.05, 0.1) is 17.0 Å². The van der Waals surface area contributed by atoms with Crippen molar-refractivity contribution >= 4 is 0 Å². The summed E-state index contributed by atoms with van der Waals surface area (Å²) in [5.74, 6) is -0.255. The van der Waals surface area contributed by atoms with Gasteiger partial charge >= 0.3 is 6.18 Å². The predicted octanol–water partition coefficient (Wildman–Crippen LogP) is 4.28. The summed E-state index contributed by atoms with van der Waals surface area (Å²) in [7, 11) is 0. The van der Waals surface area contributed by atoms with Gasteiger partial charge in [-0.25, -0.2) is 0 Å². The summed E-state index contributed by atoms with van der Waals surface area (Å²) >= 11 is 0. The van der Waals surface area contributed by atoms with E-state index in [1.807, 2.05) is 13.8 Å². The smallest absolute Gasteiger partial charge is 0.309 e. The minimum absolute atomic E-state index is 0.0419. The van der Waals surface area contributed by atoms with Gasteiger partial charge in [0.15, 0.2) is 0 Å². The van der Waals surface area contributed by atoms with Gasteiger partial charge in [-0.3, -0.25) is 4.98 Å². The summed E-state index contributed by atoms with van der Waals surface area (Å²) in [6.45, 7) is 8.23. The van der Waals surface area contributed by atoms with Crippen LogP contribution < -0.4 is 5.32 Å². The van der Waals surface area contributed by atoms with E-state index < -0.39 is 11.7 Å². The Kier molecular flexibility index (Phi) is 5.35. The van der Waals surface area contributed by atoms with Gasteiger partial charge in [0.1, 0.15) is 0 Å². The number of pyridine rings is 1. The van der Waals surface area contributed by atoms with E-state index in [9.17, 15) is 13.2 Å². The van der Waals surface area contributed by atoms with E-state index in [4.69, 9.17) is 0 Å². The van der Waals surface area contributed by atoms with Crippen molar-refractivity contribution in [2.75, 3.05) is 6.54 Å². The van der Waals surface area contributed by atoms with Gasteiger partial charge in [-0.1, -0.05) is 20.8 Å². The molecule has 1 aromatic rings. The zero-order chi connectivity index (χ0) is 14.6. The highest BCUT2D eigenvalue weighted by Gasteiger charge is 2.35. The number of rotatable bonds is 5. The second-order valence-corrected chi connectivity index (χ2v) is 5.00.